The van der Waals surface area contributed by atoms with Crippen LogP contribution in [0.2, 0.25) is 0 Å². The number of aliphatic hydroxyl groups is 1. The van der Waals surface area contributed by atoms with Crippen LogP contribution < -0.4 is 4.74 Å². The third-order valence-corrected chi connectivity index (χ3v) is 4.61. The van der Waals surface area contributed by atoms with Crippen molar-refractivity contribution < 1.29 is 23.0 Å². The molecule has 4 nitrogen and oxygen atoms in total. The van der Waals surface area contributed by atoms with Gasteiger partial charge in [-0.1, -0.05) is 12.1 Å². The lowest BCUT2D eigenvalue weighted by Crippen LogP contribution is -2.09. The summed E-state index contributed by atoms with van der Waals surface area (Å²) in [5.41, 5.74) is 2.23. The standard InChI is InChI=1S/C20H21F3N2O2/c1-13-5-3-6-18(14(13)2)27-12-19-24-16-11-15(20(21,22)23)7-8-17(16)25(19)9-4-10-26/h3,5-8,11,26H,4,9-10,12H2,1-2H3. The van der Waals surface area contributed by atoms with Crippen molar-refractivity contribution in [1.29, 1.82) is 0 Å². The van der Waals surface area contributed by atoms with Crippen molar-refractivity contribution in [3.8, 4) is 5.75 Å². The third-order valence-electron chi connectivity index (χ3n) is 4.61. The zero-order valence-electron chi connectivity index (χ0n) is 15.2. The van der Waals surface area contributed by atoms with Crippen molar-refractivity contribution in [2.75, 3.05) is 6.61 Å². The van der Waals surface area contributed by atoms with E-state index in [1.54, 1.807) is 4.57 Å². The normalized spacial score (nSPS) is 11.9. The van der Waals surface area contributed by atoms with Gasteiger partial charge in [0.25, 0.3) is 0 Å². The lowest BCUT2D eigenvalue weighted by Gasteiger charge is -2.12. The average molecular weight is 378 g/mol. The van der Waals surface area contributed by atoms with Crippen molar-refractivity contribution >= 4 is 11.0 Å². The number of hydrogen-bond acceptors (Lipinski definition) is 3. The van der Waals surface area contributed by atoms with Crippen molar-refractivity contribution in [1.82, 2.24) is 9.55 Å². The summed E-state index contributed by atoms with van der Waals surface area (Å²) >= 11 is 0. The second-order valence-electron chi connectivity index (χ2n) is 6.44. The number of aryl methyl sites for hydroxylation is 2. The predicted molar refractivity (Wildman–Crippen MR) is 96.7 cm³/mol. The average Bonchev–Trinajstić information content (AvgIpc) is 2.97. The van der Waals surface area contributed by atoms with Crippen molar-refractivity contribution in [2.45, 2.75) is 39.6 Å². The Hall–Kier alpha value is -2.54. The number of fused-ring (bicyclic) bond motifs is 1. The van der Waals surface area contributed by atoms with Crippen LogP contribution in [0.25, 0.3) is 11.0 Å². The van der Waals surface area contributed by atoms with Crippen LogP contribution in [-0.4, -0.2) is 21.3 Å². The van der Waals surface area contributed by atoms with Crippen LogP contribution in [0.15, 0.2) is 36.4 Å². The molecule has 0 atom stereocenters. The van der Waals surface area contributed by atoms with E-state index < -0.39 is 11.7 Å². The van der Waals surface area contributed by atoms with E-state index in [2.05, 4.69) is 4.98 Å². The first-order valence-electron chi connectivity index (χ1n) is 8.67. The van der Waals surface area contributed by atoms with Crippen LogP contribution in [-0.2, 0) is 19.3 Å². The van der Waals surface area contributed by atoms with Crippen molar-refractivity contribution in [2.24, 2.45) is 0 Å². The molecule has 0 bridgehead atoms. The zero-order valence-corrected chi connectivity index (χ0v) is 15.2. The molecule has 0 aliphatic carbocycles. The van der Waals surface area contributed by atoms with Gasteiger partial charge in [0.2, 0.25) is 0 Å². The Labute approximate surface area is 155 Å². The first kappa shape index (κ1) is 19.2. The summed E-state index contributed by atoms with van der Waals surface area (Å²) in [6, 6.07) is 9.25. The summed E-state index contributed by atoms with van der Waals surface area (Å²) in [6.45, 7) is 4.50. The molecule has 0 aliphatic heterocycles. The minimum Gasteiger partial charge on any atom is -0.485 e. The summed E-state index contributed by atoms with van der Waals surface area (Å²) in [5, 5.41) is 9.14. The Morgan fingerprint density at radius 2 is 1.93 bits per heavy atom. The molecule has 144 valence electrons. The Morgan fingerprint density at radius 1 is 1.15 bits per heavy atom. The molecule has 3 rings (SSSR count). The molecule has 0 radical (unpaired) electrons. The molecule has 0 spiro atoms. The maximum atomic E-state index is 13.0. The molecule has 1 aromatic heterocycles. The lowest BCUT2D eigenvalue weighted by atomic mass is 10.1. The number of rotatable bonds is 6. The Morgan fingerprint density at radius 3 is 2.63 bits per heavy atom. The van der Waals surface area contributed by atoms with E-state index >= 15 is 0 Å². The number of aromatic nitrogens is 2. The molecule has 0 unspecified atom stereocenters. The van der Waals surface area contributed by atoms with Gasteiger partial charge in [0, 0.05) is 13.2 Å². The SMILES string of the molecule is Cc1cccc(OCc2nc3cc(C(F)(F)F)ccc3n2CCCO)c1C. The minimum absolute atomic E-state index is 0.0163. The van der Waals surface area contributed by atoms with E-state index in [-0.39, 0.29) is 18.7 Å². The van der Waals surface area contributed by atoms with Gasteiger partial charge in [0.1, 0.15) is 18.2 Å². The highest BCUT2D eigenvalue weighted by Gasteiger charge is 2.31. The summed E-state index contributed by atoms with van der Waals surface area (Å²) < 4.78 is 46.6. The van der Waals surface area contributed by atoms with E-state index in [4.69, 9.17) is 9.84 Å². The highest BCUT2D eigenvalue weighted by molar-refractivity contribution is 5.77. The number of nitrogens with zero attached hydrogens (tertiary/aromatic N) is 2. The molecule has 3 aromatic rings. The molecule has 0 amide bonds. The number of hydrogen-bond donors (Lipinski definition) is 1. The van der Waals surface area contributed by atoms with Gasteiger partial charge in [0.15, 0.2) is 0 Å². The maximum absolute atomic E-state index is 13.0. The van der Waals surface area contributed by atoms with Crippen LogP contribution in [0.3, 0.4) is 0 Å². The number of ether oxygens (including phenoxy) is 1. The monoisotopic (exact) mass is 378 g/mol. The first-order chi connectivity index (χ1) is 12.8. The number of benzene rings is 2. The predicted octanol–water partition coefficient (Wildman–Crippen LogP) is 4.63. The van der Waals surface area contributed by atoms with Crippen molar-refractivity contribution in [3.05, 3.63) is 58.9 Å². The first-order valence-corrected chi connectivity index (χ1v) is 8.67. The summed E-state index contributed by atoms with van der Waals surface area (Å²) in [7, 11) is 0. The maximum Gasteiger partial charge on any atom is 0.416 e. The molecule has 0 fully saturated rings. The fourth-order valence-corrected chi connectivity index (χ4v) is 2.97. The number of alkyl halides is 3. The van der Waals surface area contributed by atoms with Crippen LogP contribution in [0, 0.1) is 13.8 Å². The van der Waals surface area contributed by atoms with Gasteiger partial charge in [-0.25, -0.2) is 4.98 Å². The number of imidazole rings is 1. The molecule has 0 saturated carbocycles. The second-order valence-corrected chi connectivity index (χ2v) is 6.44. The molecule has 0 saturated heterocycles. The van der Waals surface area contributed by atoms with E-state index in [1.807, 2.05) is 32.0 Å². The second kappa shape index (κ2) is 7.60. The van der Waals surface area contributed by atoms with Gasteiger partial charge in [0.05, 0.1) is 16.6 Å². The van der Waals surface area contributed by atoms with Gasteiger partial charge in [-0.15, -0.1) is 0 Å². The van der Waals surface area contributed by atoms with Crippen LogP contribution >= 0.6 is 0 Å². The van der Waals surface area contributed by atoms with E-state index in [0.29, 0.717) is 30.1 Å². The topological polar surface area (TPSA) is 47.3 Å². The number of halogens is 3. The van der Waals surface area contributed by atoms with Gasteiger partial charge >= 0.3 is 6.18 Å². The number of aliphatic hydroxyl groups excluding tert-OH is 1. The van der Waals surface area contributed by atoms with E-state index in [0.717, 1.165) is 23.3 Å². The third kappa shape index (κ3) is 4.08. The molecule has 0 aliphatic rings. The summed E-state index contributed by atoms with van der Waals surface area (Å²) in [6.07, 6.45) is -3.94. The van der Waals surface area contributed by atoms with Crippen LogP contribution in [0.4, 0.5) is 13.2 Å². The summed E-state index contributed by atoms with van der Waals surface area (Å²) in [5.74, 6) is 1.24. The van der Waals surface area contributed by atoms with Gasteiger partial charge in [-0.2, -0.15) is 13.2 Å². The van der Waals surface area contributed by atoms with Crippen LogP contribution in [0.5, 0.6) is 5.75 Å². The quantitative estimate of drug-likeness (QED) is 0.680. The highest BCUT2D eigenvalue weighted by atomic mass is 19.4. The Bertz CT molecular complexity index is 948. The van der Waals surface area contributed by atoms with Gasteiger partial charge in [-0.3, -0.25) is 0 Å². The highest BCUT2D eigenvalue weighted by Crippen LogP contribution is 2.32. The molecule has 1 N–H and O–H groups in total. The molecule has 1 heterocycles. The molecule has 2 aromatic carbocycles. The van der Waals surface area contributed by atoms with Gasteiger partial charge in [-0.05, 0) is 55.7 Å². The van der Waals surface area contributed by atoms with Gasteiger partial charge < -0.3 is 14.4 Å². The largest absolute Gasteiger partial charge is 0.485 e. The molecule has 7 heteroatoms. The minimum atomic E-state index is -4.42. The van der Waals surface area contributed by atoms with Crippen molar-refractivity contribution in [3.63, 3.8) is 0 Å². The lowest BCUT2D eigenvalue weighted by molar-refractivity contribution is -0.137. The smallest absolute Gasteiger partial charge is 0.416 e. The molecule has 27 heavy (non-hydrogen) atoms. The zero-order chi connectivity index (χ0) is 19.6. The fraction of sp³-hybridized carbons (Fsp3) is 0.350. The van der Waals surface area contributed by atoms with Crippen LogP contribution in [0.1, 0.15) is 28.9 Å². The Balaban J connectivity index is 1.95. The molecular weight excluding hydrogens is 357 g/mol. The fourth-order valence-electron chi connectivity index (χ4n) is 2.97. The Kier molecular flexibility index (Phi) is 5.41. The van der Waals surface area contributed by atoms with E-state index in [9.17, 15) is 13.2 Å². The molecular formula is C20H21F3N2O2. The summed E-state index contributed by atoms with van der Waals surface area (Å²) in [4.78, 5) is 4.36. The van der Waals surface area contributed by atoms with E-state index in [1.165, 1.54) is 6.07 Å².